The molecule has 2 heterocycles. The minimum absolute atomic E-state index is 0.0636. The van der Waals surface area contributed by atoms with Crippen LogP contribution in [0, 0.1) is 0 Å². The topological polar surface area (TPSA) is 104 Å². The fraction of sp³-hybridized carbons (Fsp3) is 0.548. The molecule has 0 bridgehead atoms. The normalized spacial score (nSPS) is 13.7. The van der Waals surface area contributed by atoms with Gasteiger partial charge in [0.25, 0.3) is 5.91 Å². The summed E-state index contributed by atoms with van der Waals surface area (Å²) in [5, 5.41) is 13.6. The van der Waals surface area contributed by atoms with Gasteiger partial charge in [0, 0.05) is 52.7 Å². The first-order chi connectivity index (χ1) is 19.9. The molecule has 2 aliphatic heterocycles. The van der Waals surface area contributed by atoms with Crippen molar-refractivity contribution in [3.05, 3.63) is 64.6 Å². The maximum absolute atomic E-state index is 12.4. The van der Waals surface area contributed by atoms with Gasteiger partial charge in [-0.2, -0.15) is 0 Å². The minimum atomic E-state index is -0.145. The van der Waals surface area contributed by atoms with Crippen molar-refractivity contribution >= 4 is 24.0 Å². The summed E-state index contributed by atoms with van der Waals surface area (Å²) in [6.45, 7) is 16.6. The van der Waals surface area contributed by atoms with Gasteiger partial charge in [0.05, 0.1) is 35.3 Å². The van der Waals surface area contributed by atoms with E-state index < -0.39 is 0 Å². The zero-order valence-corrected chi connectivity index (χ0v) is 27.2. The number of dihydropyridines is 1. The van der Waals surface area contributed by atoms with Gasteiger partial charge in [0.1, 0.15) is 12.0 Å². The van der Waals surface area contributed by atoms with Crippen molar-refractivity contribution in [3.8, 4) is 5.75 Å². The van der Waals surface area contributed by atoms with E-state index in [2.05, 4.69) is 45.6 Å². The van der Waals surface area contributed by atoms with Gasteiger partial charge in [-0.05, 0) is 49.2 Å². The quantitative estimate of drug-likeness (QED) is 0.182. The van der Waals surface area contributed by atoms with E-state index in [4.69, 9.17) is 4.74 Å². The van der Waals surface area contributed by atoms with Crippen molar-refractivity contribution in [1.82, 2.24) is 26.2 Å². The van der Waals surface area contributed by atoms with E-state index in [1.54, 1.807) is 38.4 Å². The van der Waals surface area contributed by atoms with Gasteiger partial charge >= 0.3 is 0 Å². The molecule has 41 heavy (non-hydrogen) atoms. The molecule has 0 radical (unpaired) electrons. The van der Waals surface area contributed by atoms with Crippen LogP contribution in [0.3, 0.4) is 0 Å². The Bertz CT molecular complexity index is 968. The van der Waals surface area contributed by atoms with Gasteiger partial charge in [0.2, 0.25) is 0 Å². The Morgan fingerprint density at radius 1 is 1.15 bits per heavy atom. The fourth-order valence-corrected chi connectivity index (χ4v) is 4.81. The predicted octanol–water partition coefficient (Wildman–Crippen LogP) is 4.64. The van der Waals surface area contributed by atoms with Crippen LogP contribution in [-0.4, -0.2) is 76.9 Å². The number of thioether (sulfide) groups is 1. The number of rotatable bonds is 14. The standard InChI is InChI=1S/C16H19NO3S.C11H22N4.C2H6O.C2H6/c1-4-5-14(10-18)21-11(2)17-9-12-8-13(20-3)6-7-15(12)16(17)19;1-3-5-13-7-8-15-10-4-6-14-9-11(10)12-2;1-3-2;1-2/h6-8,10,14H,2,4-5,9H2,1,3H3;4,9,12-15H,3,5-8H2,1-2H3;1-2H3;1-2H3. The summed E-state index contributed by atoms with van der Waals surface area (Å²) in [4.78, 5) is 25.1. The van der Waals surface area contributed by atoms with Crippen LogP contribution in [0.1, 0.15) is 62.9 Å². The molecule has 232 valence electrons. The first-order valence-electron chi connectivity index (χ1n) is 14.4. The van der Waals surface area contributed by atoms with Crippen molar-refractivity contribution in [1.29, 1.82) is 0 Å². The van der Waals surface area contributed by atoms with E-state index >= 15 is 0 Å². The summed E-state index contributed by atoms with van der Waals surface area (Å²) in [5.74, 6) is 0.671. The van der Waals surface area contributed by atoms with Crippen LogP contribution in [0.5, 0.6) is 5.75 Å². The van der Waals surface area contributed by atoms with Crippen LogP contribution in [0.15, 0.2) is 53.5 Å². The lowest BCUT2D eigenvalue weighted by Crippen LogP contribution is -2.32. The number of benzene rings is 1. The first kappa shape index (κ1) is 38.0. The van der Waals surface area contributed by atoms with Crippen molar-refractivity contribution < 1.29 is 19.1 Å². The summed E-state index contributed by atoms with van der Waals surface area (Å²) >= 11 is 1.36. The van der Waals surface area contributed by atoms with E-state index in [9.17, 15) is 9.59 Å². The van der Waals surface area contributed by atoms with Crippen LogP contribution in [0.4, 0.5) is 0 Å². The van der Waals surface area contributed by atoms with Crippen LogP contribution < -0.4 is 26.0 Å². The Kier molecular flexibility index (Phi) is 22.0. The zero-order valence-electron chi connectivity index (χ0n) is 26.4. The number of hydrogen-bond donors (Lipinski definition) is 4. The highest BCUT2D eigenvalue weighted by Crippen LogP contribution is 2.34. The van der Waals surface area contributed by atoms with Crippen molar-refractivity contribution in [3.63, 3.8) is 0 Å². The molecule has 0 saturated heterocycles. The second kappa shape index (κ2) is 23.7. The molecule has 0 spiro atoms. The van der Waals surface area contributed by atoms with Crippen molar-refractivity contribution in [2.45, 2.75) is 58.8 Å². The average Bonchev–Trinajstić information content (AvgIpc) is 3.34. The smallest absolute Gasteiger partial charge is 0.259 e. The molecule has 2 aliphatic rings. The number of carbonyl (C=O) groups is 2. The molecule has 1 aromatic rings. The molecular weight excluding hydrogens is 538 g/mol. The Hall–Kier alpha value is -2.95. The number of hydrogen-bond acceptors (Lipinski definition) is 9. The number of aldehydes is 1. The maximum Gasteiger partial charge on any atom is 0.259 e. The predicted molar refractivity (Wildman–Crippen MR) is 173 cm³/mol. The molecule has 3 rings (SSSR count). The molecule has 0 aromatic heterocycles. The maximum atomic E-state index is 12.4. The summed E-state index contributed by atoms with van der Waals surface area (Å²) in [5.41, 5.74) is 3.92. The van der Waals surface area contributed by atoms with E-state index in [-0.39, 0.29) is 11.2 Å². The van der Waals surface area contributed by atoms with Gasteiger partial charge in [-0.1, -0.05) is 52.5 Å². The lowest BCUT2D eigenvalue weighted by atomic mass is 10.1. The lowest BCUT2D eigenvalue weighted by molar-refractivity contribution is -0.107. The number of amides is 1. The van der Waals surface area contributed by atoms with E-state index in [0.717, 1.165) is 62.3 Å². The molecule has 9 nitrogen and oxygen atoms in total. The molecule has 0 saturated carbocycles. The van der Waals surface area contributed by atoms with Crippen molar-refractivity contribution in [2.75, 3.05) is 54.6 Å². The van der Waals surface area contributed by atoms with E-state index in [0.29, 0.717) is 17.1 Å². The van der Waals surface area contributed by atoms with Gasteiger partial charge < -0.3 is 35.5 Å². The van der Waals surface area contributed by atoms with Crippen LogP contribution in [-0.2, 0) is 16.1 Å². The first-order valence-corrected chi connectivity index (χ1v) is 15.2. The molecule has 0 fully saturated rings. The van der Waals surface area contributed by atoms with Gasteiger partial charge in [0.15, 0.2) is 0 Å². The second-order valence-corrected chi connectivity index (χ2v) is 10.1. The van der Waals surface area contributed by atoms with Crippen LogP contribution in [0.2, 0.25) is 0 Å². The Labute approximate surface area is 252 Å². The third kappa shape index (κ3) is 14.0. The monoisotopic (exact) mass is 591 g/mol. The Morgan fingerprint density at radius 3 is 2.44 bits per heavy atom. The lowest BCUT2D eigenvalue weighted by Gasteiger charge is -2.20. The SMILES string of the molecule is C=C(SC(C=O)CCC)N1Cc2cc(OC)ccc2C1=O.CC.CCCNCCNC1=CCNC=C1NC.COC. The molecule has 1 amide bonds. The highest BCUT2D eigenvalue weighted by Gasteiger charge is 2.30. The van der Waals surface area contributed by atoms with Gasteiger partial charge in [-0.3, -0.25) is 9.69 Å². The third-order valence-electron chi connectivity index (χ3n) is 5.70. The van der Waals surface area contributed by atoms with Crippen LogP contribution >= 0.6 is 11.8 Å². The minimum Gasteiger partial charge on any atom is -0.497 e. The number of ether oxygens (including phenoxy) is 2. The molecule has 1 unspecified atom stereocenters. The van der Waals surface area contributed by atoms with E-state index in [1.165, 1.54) is 23.9 Å². The van der Waals surface area contributed by atoms with Crippen LogP contribution in [0.25, 0.3) is 0 Å². The highest BCUT2D eigenvalue weighted by molar-refractivity contribution is 8.04. The number of fused-ring (bicyclic) bond motifs is 1. The molecular formula is C31H53N5O4S. The summed E-state index contributed by atoms with van der Waals surface area (Å²) < 4.78 is 9.43. The average molecular weight is 592 g/mol. The number of carbonyl (C=O) groups excluding carboxylic acids is 2. The summed E-state index contributed by atoms with van der Waals surface area (Å²) in [6, 6.07) is 5.42. The Balaban J connectivity index is 0.000000702. The molecule has 4 N–H and O–H groups in total. The molecule has 10 heteroatoms. The van der Waals surface area contributed by atoms with Crippen molar-refractivity contribution in [2.24, 2.45) is 0 Å². The number of nitrogens with one attached hydrogen (secondary N) is 4. The number of nitrogens with zero attached hydrogens (tertiary/aromatic N) is 1. The second-order valence-electron chi connectivity index (χ2n) is 8.81. The summed E-state index contributed by atoms with van der Waals surface area (Å²) in [6.07, 6.45) is 7.99. The largest absolute Gasteiger partial charge is 0.497 e. The van der Waals surface area contributed by atoms with E-state index in [1.807, 2.05) is 40.1 Å². The highest BCUT2D eigenvalue weighted by atomic mass is 32.2. The summed E-state index contributed by atoms with van der Waals surface area (Å²) in [7, 11) is 6.79. The zero-order chi connectivity index (χ0) is 31.0. The molecule has 1 atom stereocenters. The number of likely N-dealkylation sites (N-methyl/N-ethyl adjacent to an activating group) is 1. The molecule has 1 aromatic carbocycles. The Morgan fingerprint density at radius 2 is 1.85 bits per heavy atom. The van der Waals surface area contributed by atoms with Gasteiger partial charge in [-0.25, -0.2) is 0 Å². The van der Waals surface area contributed by atoms with Gasteiger partial charge in [-0.15, -0.1) is 0 Å². The number of methoxy groups -OCH3 is 2. The molecule has 0 aliphatic carbocycles. The fourth-order valence-electron chi connectivity index (χ4n) is 3.77. The third-order valence-corrected chi connectivity index (χ3v) is 6.85.